The van der Waals surface area contributed by atoms with E-state index in [1.165, 1.54) is 42.0 Å². The fourth-order valence-electron chi connectivity index (χ4n) is 2.82. The highest BCUT2D eigenvalue weighted by Crippen LogP contribution is 2.34. The lowest BCUT2D eigenvalue weighted by Gasteiger charge is -2.19. The molecule has 0 aromatic heterocycles. The standard InChI is InChI=1S/C23H21F3O3/c1-22(2,3)17-6-10-19(11-7-17)28-21-13-16(12-18(27)14-21)15-4-8-20(9-5-15)29-23(24,25)26/h4-14,27H,1-3H3. The third-order valence-electron chi connectivity index (χ3n) is 4.27. The third-order valence-corrected chi connectivity index (χ3v) is 4.27. The third kappa shape index (κ3) is 5.67. The molecular formula is C23H21F3O3. The summed E-state index contributed by atoms with van der Waals surface area (Å²) in [5.41, 5.74) is 2.41. The Bertz CT molecular complexity index is 970. The molecule has 3 rings (SSSR count). The summed E-state index contributed by atoms with van der Waals surface area (Å²) < 4.78 is 46.6. The summed E-state index contributed by atoms with van der Waals surface area (Å²) in [6.45, 7) is 6.36. The van der Waals surface area contributed by atoms with Crippen molar-refractivity contribution in [3.8, 4) is 34.1 Å². The second-order valence-corrected chi connectivity index (χ2v) is 7.66. The Labute approximate surface area is 167 Å². The minimum Gasteiger partial charge on any atom is -0.508 e. The van der Waals surface area contributed by atoms with Crippen LogP contribution in [0.15, 0.2) is 66.7 Å². The number of hydrogen-bond donors (Lipinski definition) is 1. The Hall–Kier alpha value is -3.15. The van der Waals surface area contributed by atoms with E-state index in [0.717, 1.165) is 0 Å². The molecule has 0 unspecified atom stereocenters. The molecule has 3 aromatic carbocycles. The van der Waals surface area contributed by atoms with E-state index in [0.29, 0.717) is 22.6 Å². The molecule has 1 N–H and O–H groups in total. The summed E-state index contributed by atoms with van der Waals surface area (Å²) >= 11 is 0. The van der Waals surface area contributed by atoms with Gasteiger partial charge in [-0.3, -0.25) is 0 Å². The molecular weight excluding hydrogens is 381 g/mol. The van der Waals surface area contributed by atoms with Gasteiger partial charge in [0.2, 0.25) is 0 Å². The molecule has 6 heteroatoms. The van der Waals surface area contributed by atoms with Crippen molar-refractivity contribution in [2.75, 3.05) is 0 Å². The number of aromatic hydroxyl groups is 1. The van der Waals surface area contributed by atoms with Crippen LogP contribution >= 0.6 is 0 Å². The maximum atomic E-state index is 12.3. The van der Waals surface area contributed by atoms with Crippen LogP contribution in [0, 0.1) is 0 Å². The van der Waals surface area contributed by atoms with Crippen molar-refractivity contribution in [2.45, 2.75) is 32.5 Å². The molecule has 0 radical (unpaired) electrons. The van der Waals surface area contributed by atoms with Crippen LogP contribution in [0.1, 0.15) is 26.3 Å². The smallest absolute Gasteiger partial charge is 0.508 e. The van der Waals surface area contributed by atoms with Crippen molar-refractivity contribution in [1.29, 1.82) is 0 Å². The molecule has 3 nitrogen and oxygen atoms in total. The van der Waals surface area contributed by atoms with Crippen LogP contribution in [0.5, 0.6) is 23.0 Å². The Morgan fingerprint density at radius 3 is 1.83 bits per heavy atom. The highest BCUT2D eigenvalue weighted by Gasteiger charge is 2.31. The summed E-state index contributed by atoms with van der Waals surface area (Å²) in [7, 11) is 0. The first-order valence-electron chi connectivity index (χ1n) is 8.98. The zero-order valence-electron chi connectivity index (χ0n) is 16.2. The number of halogens is 3. The van der Waals surface area contributed by atoms with E-state index >= 15 is 0 Å². The van der Waals surface area contributed by atoms with Gasteiger partial charge in [-0.1, -0.05) is 45.0 Å². The molecule has 29 heavy (non-hydrogen) atoms. The Kier molecular flexibility index (Phi) is 5.46. The van der Waals surface area contributed by atoms with Gasteiger partial charge in [-0.15, -0.1) is 13.2 Å². The second kappa shape index (κ2) is 7.70. The predicted octanol–water partition coefficient (Wildman–Crippen LogP) is 7.05. The van der Waals surface area contributed by atoms with Crippen LogP contribution in [0.4, 0.5) is 13.2 Å². The van der Waals surface area contributed by atoms with Gasteiger partial charge in [0.15, 0.2) is 0 Å². The first kappa shape index (κ1) is 20.6. The van der Waals surface area contributed by atoms with Crippen molar-refractivity contribution in [3.63, 3.8) is 0 Å². The lowest BCUT2D eigenvalue weighted by molar-refractivity contribution is -0.274. The lowest BCUT2D eigenvalue weighted by Crippen LogP contribution is -2.16. The minimum absolute atomic E-state index is 0.0144. The molecule has 0 saturated heterocycles. The molecule has 152 valence electrons. The molecule has 0 heterocycles. The molecule has 3 aromatic rings. The maximum absolute atomic E-state index is 12.3. The molecule has 0 bridgehead atoms. The molecule has 0 saturated carbocycles. The van der Waals surface area contributed by atoms with E-state index in [1.807, 2.05) is 24.3 Å². The molecule has 0 aliphatic carbocycles. The number of phenols is 1. The van der Waals surface area contributed by atoms with Gasteiger partial charge >= 0.3 is 6.36 Å². The van der Waals surface area contributed by atoms with Crippen molar-refractivity contribution < 1.29 is 27.8 Å². The first-order valence-corrected chi connectivity index (χ1v) is 8.98. The van der Waals surface area contributed by atoms with E-state index in [9.17, 15) is 18.3 Å². The summed E-state index contributed by atoms with van der Waals surface area (Å²) in [6.07, 6.45) is -4.74. The molecule has 0 aliphatic heterocycles. The molecule has 0 spiro atoms. The van der Waals surface area contributed by atoms with Crippen LogP contribution in [-0.2, 0) is 5.41 Å². The number of alkyl halides is 3. The summed E-state index contributed by atoms with van der Waals surface area (Å²) in [5.74, 6) is 0.707. The lowest BCUT2D eigenvalue weighted by atomic mass is 9.87. The van der Waals surface area contributed by atoms with Crippen LogP contribution in [-0.4, -0.2) is 11.5 Å². The summed E-state index contributed by atoms with van der Waals surface area (Å²) in [5, 5.41) is 10.0. The van der Waals surface area contributed by atoms with Crippen LogP contribution in [0.2, 0.25) is 0 Å². The van der Waals surface area contributed by atoms with Crippen molar-refractivity contribution in [2.24, 2.45) is 0 Å². The quantitative estimate of drug-likeness (QED) is 0.508. The zero-order valence-corrected chi connectivity index (χ0v) is 16.2. The van der Waals surface area contributed by atoms with Crippen LogP contribution in [0.3, 0.4) is 0 Å². The topological polar surface area (TPSA) is 38.7 Å². The highest BCUT2D eigenvalue weighted by atomic mass is 19.4. The number of benzene rings is 3. The summed E-state index contributed by atoms with van der Waals surface area (Å²) in [6, 6.07) is 17.8. The molecule has 0 aliphatic rings. The predicted molar refractivity (Wildman–Crippen MR) is 105 cm³/mol. The minimum atomic E-state index is -4.74. The maximum Gasteiger partial charge on any atom is 0.573 e. The number of phenolic OH excluding ortho intramolecular Hbond substituents is 1. The SMILES string of the molecule is CC(C)(C)c1ccc(Oc2cc(O)cc(-c3ccc(OC(F)(F)F)cc3)c2)cc1. The molecule has 0 fully saturated rings. The Morgan fingerprint density at radius 2 is 1.28 bits per heavy atom. The zero-order chi connectivity index (χ0) is 21.2. The van der Waals surface area contributed by atoms with E-state index in [-0.39, 0.29) is 16.9 Å². The van der Waals surface area contributed by atoms with E-state index in [2.05, 4.69) is 25.5 Å². The van der Waals surface area contributed by atoms with Crippen molar-refractivity contribution in [3.05, 3.63) is 72.3 Å². The van der Waals surface area contributed by atoms with E-state index in [4.69, 9.17) is 4.74 Å². The van der Waals surface area contributed by atoms with Gasteiger partial charge in [0.25, 0.3) is 0 Å². The highest BCUT2D eigenvalue weighted by molar-refractivity contribution is 5.68. The Balaban J connectivity index is 1.81. The van der Waals surface area contributed by atoms with Gasteiger partial charge in [0.05, 0.1) is 0 Å². The van der Waals surface area contributed by atoms with Crippen LogP contribution < -0.4 is 9.47 Å². The van der Waals surface area contributed by atoms with Crippen molar-refractivity contribution >= 4 is 0 Å². The fraction of sp³-hybridized carbons (Fsp3) is 0.217. The van der Waals surface area contributed by atoms with Gasteiger partial charge < -0.3 is 14.6 Å². The number of ether oxygens (including phenoxy) is 2. The number of hydrogen-bond acceptors (Lipinski definition) is 3. The molecule has 0 atom stereocenters. The van der Waals surface area contributed by atoms with Crippen LogP contribution in [0.25, 0.3) is 11.1 Å². The second-order valence-electron chi connectivity index (χ2n) is 7.66. The average molecular weight is 402 g/mol. The van der Waals surface area contributed by atoms with Gasteiger partial charge in [-0.05, 0) is 58.5 Å². The Morgan fingerprint density at radius 1 is 0.690 bits per heavy atom. The monoisotopic (exact) mass is 402 g/mol. The van der Waals surface area contributed by atoms with Gasteiger partial charge in [-0.25, -0.2) is 0 Å². The number of rotatable bonds is 4. The average Bonchev–Trinajstić information content (AvgIpc) is 2.60. The fourth-order valence-corrected chi connectivity index (χ4v) is 2.82. The van der Waals surface area contributed by atoms with E-state index < -0.39 is 6.36 Å². The van der Waals surface area contributed by atoms with Gasteiger partial charge in [0.1, 0.15) is 23.0 Å². The molecule has 0 amide bonds. The normalized spacial score (nSPS) is 11.9. The van der Waals surface area contributed by atoms with Gasteiger partial charge in [0, 0.05) is 6.07 Å². The first-order chi connectivity index (χ1) is 13.5. The largest absolute Gasteiger partial charge is 0.573 e. The summed E-state index contributed by atoms with van der Waals surface area (Å²) in [4.78, 5) is 0. The van der Waals surface area contributed by atoms with Crippen molar-refractivity contribution in [1.82, 2.24) is 0 Å². The van der Waals surface area contributed by atoms with E-state index in [1.54, 1.807) is 6.07 Å². The van der Waals surface area contributed by atoms with Gasteiger partial charge in [-0.2, -0.15) is 0 Å².